The Bertz CT molecular complexity index is 1060. The molecular formula is C22H19FN2O3. The van der Waals surface area contributed by atoms with Gasteiger partial charge in [0, 0.05) is 23.9 Å². The second-order valence-corrected chi connectivity index (χ2v) is 6.25. The van der Waals surface area contributed by atoms with Crippen LogP contribution in [-0.4, -0.2) is 15.6 Å². The van der Waals surface area contributed by atoms with Crippen molar-refractivity contribution >= 4 is 11.7 Å². The number of ether oxygens (including phenoxy) is 1. The first-order chi connectivity index (χ1) is 13.5. The summed E-state index contributed by atoms with van der Waals surface area (Å²) in [4.78, 5) is 15.4. The Morgan fingerprint density at radius 1 is 1.21 bits per heavy atom. The molecule has 0 fully saturated rings. The van der Waals surface area contributed by atoms with Gasteiger partial charge in [0.2, 0.25) is 5.69 Å². The van der Waals surface area contributed by atoms with Crippen molar-refractivity contribution in [3.8, 4) is 16.9 Å². The van der Waals surface area contributed by atoms with E-state index in [9.17, 15) is 14.3 Å². The minimum absolute atomic E-state index is 0.0860. The molecule has 0 aliphatic carbocycles. The molecule has 1 heterocycles. The van der Waals surface area contributed by atoms with Crippen LogP contribution in [0.2, 0.25) is 0 Å². The zero-order valence-electron chi connectivity index (χ0n) is 15.6. The number of hydrogen-bond donors (Lipinski definition) is 1. The maximum atomic E-state index is 13.7. The van der Waals surface area contributed by atoms with E-state index in [4.69, 9.17) is 11.3 Å². The van der Waals surface area contributed by atoms with E-state index >= 15 is 0 Å². The van der Waals surface area contributed by atoms with Gasteiger partial charge in [-0.1, -0.05) is 37.3 Å². The first kappa shape index (κ1) is 19.2. The number of hydrogen-bond acceptors (Lipinski definition) is 2. The molecule has 2 aromatic carbocycles. The summed E-state index contributed by atoms with van der Waals surface area (Å²) in [6.07, 6.45) is 0.554. The highest BCUT2D eigenvalue weighted by molar-refractivity contribution is 6.00. The fraction of sp³-hybridized carbons (Fsp3) is 0.182. The number of halogens is 1. The quantitative estimate of drug-likeness (QED) is 0.598. The summed E-state index contributed by atoms with van der Waals surface area (Å²) in [7, 11) is 1.66. The van der Waals surface area contributed by atoms with Gasteiger partial charge in [-0.05, 0) is 30.2 Å². The number of benzene rings is 2. The van der Waals surface area contributed by atoms with Crippen molar-refractivity contribution in [3.05, 3.63) is 82.7 Å². The van der Waals surface area contributed by atoms with Crippen molar-refractivity contribution in [2.24, 2.45) is 7.05 Å². The molecule has 0 bridgehead atoms. The average Bonchev–Trinajstić information content (AvgIpc) is 2.99. The molecule has 0 aliphatic heterocycles. The topological polar surface area (TPSA) is 55.8 Å². The van der Waals surface area contributed by atoms with Crippen LogP contribution in [0.5, 0.6) is 5.75 Å². The number of rotatable bonds is 6. The van der Waals surface area contributed by atoms with Crippen LogP contribution < -0.4 is 4.74 Å². The lowest BCUT2D eigenvalue weighted by Crippen LogP contribution is -2.07. The van der Waals surface area contributed by atoms with Gasteiger partial charge < -0.3 is 14.4 Å². The van der Waals surface area contributed by atoms with Crippen LogP contribution in [0.3, 0.4) is 0 Å². The van der Waals surface area contributed by atoms with Crippen molar-refractivity contribution in [1.29, 1.82) is 0 Å². The summed E-state index contributed by atoms with van der Waals surface area (Å²) in [5, 5.41) is 9.64. The number of aromatic nitrogens is 1. The molecule has 0 spiro atoms. The molecule has 0 amide bonds. The predicted molar refractivity (Wildman–Crippen MR) is 104 cm³/mol. The lowest BCUT2D eigenvalue weighted by molar-refractivity contribution is 0.0687. The third-order valence-corrected chi connectivity index (χ3v) is 4.63. The molecule has 5 nitrogen and oxygen atoms in total. The number of aromatic carboxylic acids is 1. The Kier molecular flexibility index (Phi) is 5.46. The zero-order chi connectivity index (χ0) is 20.3. The maximum absolute atomic E-state index is 13.7. The molecule has 0 saturated heterocycles. The second-order valence-electron chi connectivity index (χ2n) is 6.25. The number of carbonyl (C=O) groups is 1. The van der Waals surface area contributed by atoms with Gasteiger partial charge in [-0.25, -0.2) is 14.0 Å². The minimum atomic E-state index is -1.08. The molecule has 3 rings (SSSR count). The van der Waals surface area contributed by atoms with Gasteiger partial charge in [-0.3, -0.25) is 0 Å². The van der Waals surface area contributed by atoms with Crippen molar-refractivity contribution in [1.82, 2.24) is 4.57 Å². The van der Waals surface area contributed by atoms with E-state index in [0.29, 0.717) is 40.2 Å². The summed E-state index contributed by atoms with van der Waals surface area (Å²) in [5.74, 6) is -0.884. The van der Waals surface area contributed by atoms with E-state index in [1.54, 1.807) is 54.1 Å². The van der Waals surface area contributed by atoms with Crippen molar-refractivity contribution in [2.45, 2.75) is 20.0 Å². The molecule has 1 aromatic heterocycles. The highest BCUT2D eigenvalue weighted by atomic mass is 19.1. The van der Waals surface area contributed by atoms with E-state index < -0.39 is 5.97 Å². The SMILES string of the molecule is [C-]#[N+]c1c(-c2ccc(OCc3ccccc3F)cc2)c(C(=O)O)n(C)c1CC. The molecule has 0 unspecified atom stereocenters. The molecular weight excluding hydrogens is 359 g/mol. The molecule has 1 N–H and O–H groups in total. The van der Waals surface area contributed by atoms with Gasteiger partial charge in [0.05, 0.1) is 6.57 Å². The standard InChI is InChI=1S/C22H19FN2O3/c1-4-18-20(24-2)19(21(22(26)27)25(18)3)14-9-11-16(12-10-14)28-13-15-7-5-6-8-17(15)23/h5-12H,4,13H2,1,3H3,(H,26,27). The first-order valence-corrected chi connectivity index (χ1v) is 8.76. The van der Waals surface area contributed by atoms with E-state index in [1.807, 2.05) is 6.92 Å². The highest BCUT2D eigenvalue weighted by Gasteiger charge is 2.25. The van der Waals surface area contributed by atoms with Gasteiger partial charge >= 0.3 is 5.97 Å². The van der Waals surface area contributed by atoms with Gasteiger partial charge in [0.15, 0.2) is 0 Å². The summed E-state index contributed by atoms with van der Waals surface area (Å²) in [6.45, 7) is 9.49. The summed E-state index contributed by atoms with van der Waals surface area (Å²) < 4.78 is 20.9. The molecule has 0 aliphatic rings. The zero-order valence-corrected chi connectivity index (χ0v) is 15.6. The average molecular weight is 378 g/mol. The fourth-order valence-electron chi connectivity index (χ4n) is 3.26. The molecule has 6 heteroatoms. The van der Waals surface area contributed by atoms with Crippen LogP contribution in [0.15, 0.2) is 48.5 Å². The summed E-state index contributed by atoms with van der Waals surface area (Å²) >= 11 is 0. The molecule has 3 aromatic rings. The van der Waals surface area contributed by atoms with Crippen LogP contribution in [0.1, 0.15) is 28.7 Å². The van der Waals surface area contributed by atoms with Gasteiger partial charge in [-0.2, -0.15) is 0 Å². The third-order valence-electron chi connectivity index (χ3n) is 4.63. The third kappa shape index (κ3) is 3.47. The van der Waals surface area contributed by atoms with Crippen LogP contribution in [0.25, 0.3) is 16.0 Å². The summed E-state index contributed by atoms with van der Waals surface area (Å²) in [5.41, 5.74) is 2.60. The van der Waals surface area contributed by atoms with Crippen molar-refractivity contribution in [3.63, 3.8) is 0 Å². The van der Waals surface area contributed by atoms with Crippen LogP contribution in [-0.2, 0) is 20.1 Å². The molecule has 0 atom stereocenters. The van der Waals surface area contributed by atoms with Gasteiger partial charge in [0.1, 0.15) is 23.9 Å². The normalized spacial score (nSPS) is 10.5. The molecule has 142 valence electrons. The van der Waals surface area contributed by atoms with Crippen molar-refractivity contribution in [2.75, 3.05) is 0 Å². The Morgan fingerprint density at radius 3 is 2.46 bits per heavy atom. The highest BCUT2D eigenvalue weighted by Crippen LogP contribution is 2.39. The van der Waals surface area contributed by atoms with Crippen molar-refractivity contribution < 1.29 is 19.0 Å². The second kappa shape index (κ2) is 7.97. The molecule has 0 saturated carbocycles. The number of nitrogens with zero attached hydrogens (tertiary/aromatic N) is 2. The Hall–Kier alpha value is -3.59. The Balaban J connectivity index is 1.93. The molecule has 0 radical (unpaired) electrons. The van der Waals surface area contributed by atoms with E-state index in [1.165, 1.54) is 6.07 Å². The van der Waals surface area contributed by atoms with E-state index in [2.05, 4.69) is 4.85 Å². The van der Waals surface area contributed by atoms with Crippen LogP contribution in [0, 0.1) is 12.4 Å². The van der Waals surface area contributed by atoms with E-state index in [-0.39, 0.29) is 18.1 Å². The minimum Gasteiger partial charge on any atom is -0.489 e. The van der Waals surface area contributed by atoms with Crippen LogP contribution in [0.4, 0.5) is 10.1 Å². The largest absolute Gasteiger partial charge is 0.489 e. The summed E-state index contributed by atoms with van der Waals surface area (Å²) in [6, 6.07) is 13.2. The Labute approximate surface area is 162 Å². The lowest BCUT2D eigenvalue weighted by atomic mass is 10.0. The van der Waals surface area contributed by atoms with E-state index in [0.717, 1.165) is 0 Å². The number of carboxylic acids is 1. The molecule has 28 heavy (non-hydrogen) atoms. The van der Waals surface area contributed by atoms with Gasteiger partial charge in [-0.15, -0.1) is 0 Å². The fourth-order valence-corrected chi connectivity index (χ4v) is 3.26. The van der Waals surface area contributed by atoms with Gasteiger partial charge in [0.25, 0.3) is 0 Å². The lowest BCUT2D eigenvalue weighted by Gasteiger charge is -2.09. The monoisotopic (exact) mass is 378 g/mol. The smallest absolute Gasteiger partial charge is 0.351 e. The number of carboxylic acid groups (broad SMARTS) is 1. The van der Waals surface area contributed by atoms with Crippen LogP contribution >= 0.6 is 0 Å². The Morgan fingerprint density at radius 2 is 1.89 bits per heavy atom. The first-order valence-electron chi connectivity index (χ1n) is 8.76. The predicted octanol–water partition coefficient (Wildman–Crippen LogP) is 5.22. The maximum Gasteiger partial charge on any atom is 0.351 e.